The van der Waals surface area contributed by atoms with Crippen molar-refractivity contribution in [1.29, 1.82) is 0 Å². The summed E-state index contributed by atoms with van der Waals surface area (Å²) in [7, 11) is 0. The van der Waals surface area contributed by atoms with Crippen LogP contribution in [0, 0.1) is 0 Å². The molecule has 35 heavy (non-hydrogen) atoms. The second-order valence-corrected chi connectivity index (χ2v) is 10.4. The van der Waals surface area contributed by atoms with Crippen molar-refractivity contribution in [2.75, 3.05) is 11.9 Å². The Morgan fingerprint density at radius 3 is 2.83 bits per heavy atom. The molecule has 182 valence electrons. The molecule has 10 heteroatoms. The molecule has 0 aliphatic carbocycles. The number of pyridine rings is 1. The fourth-order valence-electron chi connectivity index (χ4n) is 4.40. The molecule has 0 saturated carbocycles. The second kappa shape index (κ2) is 9.20. The molecule has 0 spiro atoms. The number of rotatable bonds is 6. The zero-order chi connectivity index (χ0) is 24.7. The minimum atomic E-state index is -2.90. The van der Waals surface area contributed by atoms with Crippen LogP contribution < -0.4 is 16.6 Å². The summed E-state index contributed by atoms with van der Waals surface area (Å²) in [4.78, 5) is 30.6. The van der Waals surface area contributed by atoms with Gasteiger partial charge in [-0.2, -0.15) is 0 Å². The van der Waals surface area contributed by atoms with Crippen LogP contribution in [-0.2, 0) is 19.5 Å². The Bertz CT molecular complexity index is 1540. The highest BCUT2D eigenvalue weighted by atomic mass is 35.5. The minimum Gasteiger partial charge on any atom is -0.384 e. The average molecular weight is 517 g/mol. The predicted octanol–water partition coefficient (Wildman–Crippen LogP) is 5.39. The van der Waals surface area contributed by atoms with Gasteiger partial charge in [0.2, 0.25) is 5.92 Å². The number of nitrogens with zero attached hydrogens (tertiary/aromatic N) is 3. The molecule has 6 nitrogen and oxygen atoms in total. The summed E-state index contributed by atoms with van der Waals surface area (Å²) >= 11 is 7.89. The van der Waals surface area contributed by atoms with Crippen LogP contribution in [0.25, 0.3) is 21.3 Å². The van der Waals surface area contributed by atoms with E-state index in [9.17, 15) is 18.4 Å². The van der Waals surface area contributed by atoms with Gasteiger partial charge in [-0.25, -0.2) is 13.6 Å². The van der Waals surface area contributed by atoms with E-state index in [0.29, 0.717) is 5.02 Å². The highest BCUT2D eigenvalue weighted by Gasteiger charge is 2.22. The van der Waals surface area contributed by atoms with E-state index in [2.05, 4.69) is 10.3 Å². The van der Waals surface area contributed by atoms with Crippen molar-refractivity contribution in [3.05, 3.63) is 79.0 Å². The van der Waals surface area contributed by atoms with Crippen LogP contribution in [-0.4, -0.2) is 26.6 Å². The molecule has 5 rings (SSSR count). The lowest BCUT2D eigenvalue weighted by molar-refractivity contribution is 0.00826. The van der Waals surface area contributed by atoms with Crippen molar-refractivity contribution in [2.24, 2.45) is 0 Å². The van der Waals surface area contributed by atoms with Gasteiger partial charge in [0.05, 0.1) is 16.8 Å². The molecule has 0 saturated heterocycles. The van der Waals surface area contributed by atoms with Gasteiger partial charge < -0.3 is 9.88 Å². The number of alkyl halides is 2. The first kappa shape index (κ1) is 23.7. The zero-order valence-corrected chi connectivity index (χ0v) is 20.6. The average Bonchev–Trinajstić information content (AvgIpc) is 3.23. The zero-order valence-electron chi connectivity index (χ0n) is 19.0. The number of aromatic nitrogens is 3. The smallest absolute Gasteiger partial charge is 0.331 e. The molecule has 1 aromatic carbocycles. The summed E-state index contributed by atoms with van der Waals surface area (Å²) in [6.45, 7) is 1.56. The highest BCUT2D eigenvalue weighted by Crippen LogP contribution is 2.41. The normalized spacial score (nSPS) is 13.6. The van der Waals surface area contributed by atoms with Gasteiger partial charge in [-0.05, 0) is 49.6 Å². The number of fused-ring (bicyclic) bond motifs is 2. The molecule has 0 fully saturated rings. The van der Waals surface area contributed by atoms with Gasteiger partial charge in [0.25, 0.3) is 5.56 Å². The summed E-state index contributed by atoms with van der Waals surface area (Å²) in [5.74, 6) is -2.90. The Morgan fingerprint density at radius 2 is 2.03 bits per heavy atom. The summed E-state index contributed by atoms with van der Waals surface area (Å²) in [6.07, 6.45) is 4.51. The van der Waals surface area contributed by atoms with Crippen LogP contribution in [0.4, 0.5) is 14.5 Å². The molecule has 4 heterocycles. The molecule has 1 aliphatic heterocycles. The highest BCUT2D eigenvalue weighted by molar-refractivity contribution is 7.19. The van der Waals surface area contributed by atoms with Gasteiger partial charge in [-0.1, -0.05) is 11.6 Å². The van der Waals surface area contributed by atoms with Crippen LogP contribution in [0.5, 0.6) is 0 Å². The standard InChI is InChI=1S/C25H23ClF2N4O2S/c1-25(27,28)6-10-31-9-5-21(33)32(24(31)34)14-17-13-20-23(35-17)18(4-8-29-20)19-12-16(26)11-15-3-2-7-30-22(15)19/h4-5,8-9,11-13,30H,2-3,6-7,10,14H2,1H3. The van der Waals surface area contributed by atoms with Gasteiger partial charge in [-0.15, -0.1) is 11.3 Å². The number of thiophene rings is 1. The molecule has 3 aromatic heterocycles. The maximum Gasteiger partial charge on any atom is 0.331 e. The summed E-state index contributed by atoms with van der Waals surface area (Å²) < 4.78 is 29.7. The van der Waals surface area contributed by atoms with E-state index in [0.717, 1.165) is 67.4 Å². The Labute approximate surface area is 208 Å². The van der Waals surface area contributed by atoms with Crippen molar-refractivity contribution in [1.82, 2.24) is 14.1 Å². The molecule has 1 N–H and O–H groups in total. The second-order valence-electron chi connectivity index (χ2n) is 8.84. The van der Waals surface area contributed by atoms with Crippen molar-refractivity contribution < 1.29 is 8.78 Å². The van der Waals surface area contributed by atoms with Crippen LogP contribution in [0.1, 0.15) is 30.2 Å². The number of aryl methyl sites for hydroxylation is 2. The molecular formula is C25H23ClF2N4O2S. The maximum atomic E-state index is 13.3. The van der Waals surface area contributed by atoms with Gasteiger partial charge in [-0.3, -0.25) is 14.3 Å². The molecule has 1 aliphatic rings. The fraction of sp³-hybridized carbons (Fsp3) is 0.320. The number of hydrogen-bond donors (Lipinski definition) is 1. The van der Waals surface area contributed by atoms with Crippen LogP contribution in [0.3, 0.4) is 0 Å². The Kier molecular flexibility index (Phi) is 6.23. The largest absolute Gasteiger partial charge is 0.384 e. The predicted molar refractivity (Wildman–Crippen MR) is 136 cm³/mol. The lowest BCUT2D eigenvalue weighted by atomic mass is 9.95. The summed E-state index contributed by atoms with van der Waals surface area (Å²) in [6, 6.07) is 8.97. The van der Waals surface area contributed by atoms with Crippen molar-refractivity contribution >= 4 is 38.8 Å². The van der Waals surface area contributed by atoms with Crippen molar-refractivity contribution in [3.63, 3.8) is 0 Å². The van der Waals surface area contributed by atoms with E-state index in [1.54, 1.807) is 6.20 Å². The number of hydrogen-bond acceptors (Lipinski definition) is 5. The Balaban J connectivity index is 1.54. The topological polar surface area (TPSA) is 68.9 Å². The maximum absolute atomic E-state index is 13.3. The lowest BCUT2D eigenvalue weighted by Crippen LogP contribution is -2.39. The number of benzene rings is 1. The number of halogens is 3. The molecule has 0 unspecified atom stereocenters. The van der Waals surface area contributed by atoms with E-state index < -0.39 is 23.6 Å². The minimum absolute atomic E-state index is 0.0351. The summed E-state index contributed by atoms with van der Waals surface area (Å²) in [5, 5.41) is 4.16. The molecule has 0 radical (unpaired) electrons. The first-order valence-corrected chi connectivity index (χ1v) is 12.5. The third-order valence-electron chi connectivity index (χ3n) is 6.11. The lowest BCUT2D eigenvalue weighted by Gasteiger charge is -2.22. The van der Waals surface area contributed by atoms with Gasteiger partial charge >= 0.3 is 5.69 Å². The first-order chi connectivity index (χ1) is 16.7. The third-order valence-corrected chi connectivity index (χ3v) is 7.47. The van der Waals surface area contributed by atoms with Crippen LogP contribution >= 0.6 is 22.9 Å². The molecular weight excluding hydrogens is 494 g/mol. The van der Waals surface area contributed by atoms with Gasteiger partial charge in [0.15, 0.2) is 0 Å². The SMILES string of the molecule is CC(F)(F)CCn1ccc(=O)n(Cc2cc3nccc(-c4cc(Cl)cc5c4NCCC5)c3s2)c1=O. The summed E-state index contributed by atoms with van der Waals surface area (Å²) in [5.41, 5.74) is 3.87. The van der Waals surface area contributed by atoms with E-state index in [1.807, 2.05) is 24.3 Å². The fourth-order valence-corrected chi connectivity index (χ4v) is 5.77. The first-order valence-electron chi connectivity index (χ1n) is 11.3. The quantitative estimate of drug-likeness (QED) is 0.373. The Hall–Kier alpha value is -3.04. The Morgan fingerprint density at radius 1 is 1.20 bits per heavy atom. The van der Waals surface area contributed by atoms with Crippen molar-refractivity contribution in [2.45, 2.75) is 45.2 Å². The van der Waals surface area contributed by atoms with E-state index >= 15 is 0 Å². The molecule has 0 bridgehead atoms. The number of anilines is 1. The van der Waals surface area contributed by atoms with Gasteiger partial charge in [0.1, 0.15) is 0 Å². The molecule has 4 aromatic rings. The van der Waals surface area contributed by atoms with Crippen LogP contribution in [0.2, 0.25) is 5.02 Å². The molecule has 0 amide bonds. The monoisotopic (exact) mass is 516 g/mol. The van der Waals surface area contributed by atoms with Crippen LogP contribution in [0.15, 0.2) is 52.3 Å². The number of nitrogens with one attached hydrogen (secondary N) is 1. The van der Waals surface area contributed by atoms with Gasteiger partial charge in [0, 0.05) is 64.7 Å². The third kappa shape index (κ3) is 4.88. The van der Waals surface area contributed by atoms with E-state index in [-0.39, 0.29) is 13.1 Å². The molecule has 0 atom stereocenters. The van der Waals surface area contributed by atoms with Crippen molar-refractivity contribution in [3.8, 4) is 11.1 Å². The van der Waals surface area contributed by atoms with E-state index in [1.165, 1.54) is 29.2 Å². The van der Waals surface area contributed by atoms with E-state index in [4.69, 9.17) is 11.6 Å².